The topological polar surface area (TPSA) is 152 Å². The number of nitrogens with zero attached hydrogens (tertiary/aromatic N) is 2. The lowest BCUT2D eigenvalue weighted by Crippen LogP contribution is -2.53. The summed E-state index contributed by atoms with van der Waals surface area (Å²) < 4.78 is 24.5. The summed E-state index contributed by atoms with van der Waals surface area (Å²) in [7, 11) is -2.39. The van der Waals surface area contributed by atoms with Gasteiger partial charge in [0, 0.05) is 36.4 Å². The molecule has 0 saturated carbocycles. The van der Waals surface area contributed by atoms with Gasteiger partial charge in [-0.1, -0.05) is 45.8 Å². The van der Waals surface area contributed by atoms with E-state index in [9.17, 15) is 24.0 Å². The van der Waals surface area contributed by atoms with Gasteiger partial charge in [-0.25, -0.2) is 14.6 Å². The largest absolute Gasteiger partial charge is 0.458 e. The molecule has 1 amide bonds. The quantitative estimate of drug-likeness (QED) is 0.0606. The maximum Gasteiger partial charge on any atom is 0.407 e. The van der Waals surface area contributed by atoms with Crippen molar-refractivity contribution in [1.82, 2.24) is 14.9 Å². The van der Waals surface area contributed by atoms with Crippen LogP contribution in [0.25, 0.3) is 22.3 Å². The predicted octanol–water partition coefficient (Wildman–Crippen LogP) is 6.45. The third-order valence-corrected chi connectivity index (χ3v) is 12.7. The van der Waals surface area contributed by atoms with Gasteiger partial charge in [0.1, 0.15) is 25.2 Å². The normalized spacial score (nSPS) is 18.1. The molecule has 12 nitrogen and oxygen atoms in total. The summed E-state index contributed by atoms with van der Waals surface area (Å²) in [5.41, 5.74) is -0.307. The van der Waals surface area contributed by atoms with E-state index >= 15 is 0 Å². The highest BCUT2D eigenvalue weighted by Gasteiger charge is 2.56. The first kappa shape index (κ1) is 36.7. The number of hydrogen-bond acceptors (Lipinski definition) is 10. The fourth-order valence-corrected chi connectivity index (χ4v) is 9.73. The Morgan fingerprint density at radius 3 is 2.50 bits per heavy atom. The van der Waals surface area contributed by atoms with Crippen molar-refractivity contribution in [2.75, 3.05) is 6.54 Å². The van der Waals surface area contributed by atoms with Crippen LogP contribution < -0.4 is 15.6 Å². The minimum atomic E-state index is -2.39. The van der Waals surface area contributed by atoms with Crippen molar-refractivity contribution >= 4 is 43.0 Å². The monoisotopic (exact) mass is 705 g/mol. The van der Waals surface area contributed by atoms with E-state index in [1.165, 1.54) is 6.92 Å². The average molecular weight is 706 g/mol. The summed E-state index contributed by atoms with van der Waals surface area (Å²) in [6, 6.07) is 9.68. The Hall–Kier alpha value is -4.52. The summed E-state index contributed by atoms with van der Waals surface area (Å²) >= 11 is 0. The number of carbonyl (C=O) groups excluding carboxylic acids is 4. The zero-order valence-corrected chi connectivity index (χ0v) is 31.2. The zero-order chi connectivity index (χ0) is 36.6. The number of rotatable bonds is 11. The molecular weight excluding hydrogens is 659 g/mol. The van der Waals surface area contributed by atoms with E-state index in [1.54, 1.807) is 56.5 Å². The SMILES string of the molecule is CCCC[Si](C)(C)C1OC(=O)C(CC)(OC(=O)CCCNC(=O)OC(C)(C)C)c2cc3n(c(=O)c21)Cc1cc2cc(OC(C)=O)ccc2nc1-3. The number of hydrogen-bond donors (Lipinski definition) is 1. The minimum absolute atomic E-state index is 0.0459. The number of benzene rings is 1. The smallest absolute Gasteiger partial charge is 0.407 e. The summed E-state index contributed by atoms with van der Waals surface area (Å²) in [6.45, 7) is 15.1. The average Bonchev–Trinajstić information content (AvgIpc) is 3.38. The van der Waals surface area contributed by atoms with Gasteiger partial charge in [0.25, 0.3) is 5.56 Å². The highest BCUT2D eigenvalue weighted by atomic mass is 28.3. The van der Waals surface area contributed by atoms with Gasteiger partial charge in [-0.15, -0.1) is 0 Å². The van der Waals surface area contributed by atoms with Gasteiger partial charge in [-0.2, -0.15) is 0 Å². The Bertz CT molecular complexity index is 1910. The van der Waals surface area contributed by atoms with Gasteiger partial charge >= 0.3 is 24.0 Å². The summed E-state index contributed by atoms with van der Waals surface area (Å²) in [5, 5.41) is 3.37. The van der Waals surface area contributed by atoms with E-state index in [0.29, 0.717) is 33.8 Å². The molecule has 4 heterocycles. The number of esters is 3. The Balaban J connectivity index is 1.55. The molecule has 5 rings (SSSR count). The van der Waals surface area contributed by atoms with E-state index in [-0.39, 0.29) is 37.9 Å². The van der Waals surface area contributed by atoms with Crippen LogP contribution in [0.1, 0.15) is 96.1 Å². The van der Waals surface area contributed by atoms with Gasteiger partial charge in [0.2, 0.25) is 5.60 Å². The van der Waals surface area contributed by atoms with Gasteiger partial charge in [-0.3, -0.25) is 14.4 Å². The van der Waals surface area contributed by atoms with Crippen molar-refractivity contribution in [3.8, 4) is 17.1 Å². The molecular formula is C37H47N3O9Si. The van der Waals surface area contributed by atoms with Crippen LogP contribution in [0.3, 0.4) is 0 Å². The summed E-state index contributed by atoms with van der Waals surface area (Å²) in [5.74, 6) is -1.39. The first-order valence-corrected chi connectivity index (χ1v) is 20.6. The molecule has 50 heavy (non-hydrogen) atoms. The van der Waals surface area contributed by atoms with E-state index in [0.717, 1.165) is 29.8 Å². The molecule has 0 saturated heterocycles. The fourth-order valence-electron chi connectivity index (χ4n) is 6.71. The molecule has 268 valence electrons. The number of unbranched alkanes of at least 4 members (excludes halogenated alkanes) is 1. The lowest BCUT2D eigenvalue weighted by Gasteiger charge is -2.43. The van der Waals surface area contributed by atoms with Crippen LogP contribution in [0, 0.1) is 0 Å². The number of aromatic nitrogens is 2. The van der Waals surface area contributed by atoms with Crippen LogP contribution in [0.4, 0.5) is 4.79 Å². The Kier molecular flexibility index (Phi) is 10.3. The van der Waals surface area contributed by atoms with Gasteiger partial charge in [-0.05, 0) is 63.9 Å². The molecule has 0 spiro atoms. The van der Waals surface area contributed by atoms with Gasteiger partial charge < -0.3 is 28.8 Å². The molecule has 1 aromatic carbocycles. The third-order valence-electron chi connectivity index (χ3n) is 9.18. The van der Waals surface area contributed by atoms with Crippen molar-refractivity contribution in [3.63, 3.8) is 0 Å². The summed E-state index contributed by atoms with van der Waals surface area (Å²) in [4.78, 5) is 70.7. The van der Waals surface area contributed by atoms with Crippen LogP contribution in [-0.2, 0) is 40.7 Å². The number of carbonyl (C=O) groups is 4. The number of amides is 1. The molecule has 2 aromatic heterocycles. The number of alkyl carbamates (subject to hydrolysis) is 1. The van der Waals surface area contributed by atoms with E-state index in [2.05, 4.69) is 25.3 Å². The molecule has 13 heteroatoms. The number of nitrogens with one attached hydrogen (secondary N) is 1. The highest BCUT2D eigenvalue weighted by Crippen LogP contribution is 2.47. The lowest BCUT2D eigenvalue weighted by atomic mass is 9.85. The van der Waals surface area contributed by atoms with Crippen molar-refractivity contribution in [2.45, 2.75) is 116 Å². The molecule has 2 aliphatic rings. The first-order chi connectivity index (χ1) is 23.5. The number of pyridine rings is 2. The lowest BCUT2D eigenvalue weighted by molar-refractivity contribution is -0.190. The third kappa shape index (κ3) is 7.33. The van der Waals surface area contributed by atoms with Crippen molar-refractivity contribution < 1.29 is 38.1 Å². The Morgan fingerprint density at radius 2 is 1.84 bits per heavy atom. The highest BCUT2D eigenvalue weighted by molar-refractivity contribution is 6.78. The number of fused-ring (bicyclic) bond motifs is 5. The van der Waals surface area contributed by atoms with Gasteiger partial charge in [0.15, 0.2) is 0 Å². The van der Waals surface area contributed by atoms with Crippen LogP contribution in [-0.4, -0.2) is 53.8 Å². The van der Waals surface area contributed by atoms with Gasteiger partial charge in [0.05, 0.1) is 29.0 Å². The van der Waals surface area contributed by atoms with Crippen molar-refractivity contribution in [3.05, 3.63) is 57.4 Å². The molecule has 1 N–H and O–H groups in total. The molecule has 0 aliphatic carbocycles. The molecule has 0 bridgehead atoms. The Morgan fingerprint density at radius 1 is 1.10 bits per heavy atom. The van der Waals surface area contributed by atoms with E-state index < -0.39 is 49.0 Å². The second-order valence-electron chi connectivity index (χ2n) is 14.8. The Labute approximate surface area is 292 Å². The first-order valence-electron chi connectivity index (χ1n) is 17.3. The van der Waals surface area contributed by atoms with E-state index in [1.807, 2.05) is 6.07 Å². The van der Waals surface area contributed by atoms with Crippen LogP contribution >= 0.6 is 0 Å². The van der Waals surface area contributed by atoms with Crippen LogP contribution in [0.15, 0.2) is 35.1 Å². The molecule has 2 unspecified atom stereocenters. The van der Waals surface area contributed by atoms with Crippen LogP contribution in [0.5, 0.6) is 5.75 Å². The van der Waals surface area contributed by atoms with E-state index in [4.69, 9.17) is 23.9 Å². The van der Waals surface area contributed by atoms with Crippen LogP contribution in [0.2, 0.25) is 19.1 Å². The molecule has 0 radical (unpaired) electrons. The maximum atomic E-state index is 14.7. The second-order valence-corrected chi connectivity index (χ2v) is 19.8. The molecule has 2 aliphatic heterocycles. The predicted molar refractivity (Wildman–Crippen MR) is 189 cm³/mol. The van der Waals surface area contributed by atoms with Crippen molar-refractivity contribution in [2.24, 2.45) is 0 Å². The number of ether oxygens (including phenoxy) is 4. The zero-order valence-electron chi connectivity index (χ0n) is 30.2. The summed E-state index contributed by atoms with van der Waals surface area (Å²) in [6.07, 6.45) is 1.50. The minimum Gasteiger partial charge on any atom is -0.458 e. The molecule has 2 atom stereocenters. The fraction of sp³-hybridized carbons (Fsp3) is 0.514. The maximum absolute atomic E-state index is 14.7. The van der Waals surface area contributed by atoms with Crippen molar-refractivity contribution in [1.29, 1.82) is 0 Å². The molecule has 3 aromatic rings. The standard InChI is InChI=1S/C37H47N3O9Si/c1-9-11-17-50(7,8)33-30-26(37(10-2,34(44)47-33)48-29(42)13-12-16-38-35(45)49-36(4,5)6)20-28-31-24(21-40(28)32(30)43)18-23-19-25(46-22(3)41)14-15-27(23)39-31/h14-15,18-20,33H,9-13,16-17,21H2,1-8H3,(H,38,45). The molecule has 0 fully saturated rings. The number of cyclic esters (lactones) is 1. The second kappa shape index (κ2) is 14.0.